The Labute approximate surface area is 69.2 Å². The molecule has 0 bridgehead atoms. The van der Waals surface area contributed by atoms with E-state index in [-0.39, 0.29) is 5.56 Å². The first-order chi connectivity index (χ1) is 5.65. The Morgan fingerprint density at radius 2 is 2.33 bits per heavy atom. The largest absolute Gasteiger partial charge is 0.478 e. The molecule has 0 saturated heterocycles. The molecule has 4 N–H and O–H groups in total. The average Bonchev–Trinajstić information content (AvgIpc) is 2.03. The molecule has 5 heteroatoms. The predicted molar refractivity (Wildman–Crippen MR) is 43.7 cm³/mol. The van der Waals surface area contributed by atoms with Crippen LogP contribution < -0.4 is 11.3 Å². The highest BCUT2D eigenvalue weighted by Crippen LogP contribution is 2.08. The number of carbonyl (C=O) groups is 1. The van der Waals surface area contributed by atoms with Crippen molar-refractivity contribution in [3.05, 3.63) is 23.4 Å². The first-order valence-corrected chi connectivity index (χ1v) is 3.32. The van der Waals surface area contributed by atoms with Crippen LogP contribution in [0.4, 0.5) is 5.82 Å². The summed E-state index contributed by atoms with van der Waals surface area (Å²) < 4.78 is 0. The van der Waals surface area contributed by atoms with E-state index in [4.69, 9.17) is 10.9 Å². The molecule has 0 spiro atoms. The minimum absolute atomic E-state index is 0.189. The van der Waals surface area contributed by atoms with Crippen molar-refractivity contribution >= 4 is 11.8 Å². The SMILES string of the molecule is Cc1nc(NN)ccc1C(=O)O. The summed E-state index contributed by atoms with van der Waals surface area (Å²) in [6.07, 6.45) is 0. The second-order valence-corrected chi connectivity index (χ2v) is 2.28. The number of pyridine rings is 1. The van der Waals surface area contributed by atoms with Crippen molar-refractivity contribution in [1.29, 1.82) is 0 Å². The van der Waals surface area contributed by atoms with Crippen molar-refractivity contribution in [2.45, 2.75) is 6.92 Å². The number of nitrogens with one attached hydrogen (secondary N) is 1. The molecule has 0 amide bonds. The fourth-order valence-corrected chi connectivity index (χ4v) is 0.867. The van der Waals surface area contributed by atoms with E-state index in [1.165, 1.54) is 12.1 Å². The highest BCUT2D eigenvalue weighted by atomic mass is 16.4. The number of carboxylic acids is 1. The maximum absolute atomic E-state index is 10.5. The van der Waals surface area contributed by atoms with Crippen molar-refractivity contribution in [2.24, 2.45) is 5.84 Å². The van der Waals surface area contributed by atoms with Gasteiger partial charge in [0, 0.05) is 0 Å². The lowest BCUT2D eigenvalue weighted by molar-refractivity contribution is 0.0695. The Bertz CT molecular complexity index is 312. The molecule has 0 radical (unpaired) electrons. The number of nitrogen functional groups attached to an aromatic ring is 1. The van der Waals surface area contributed by atoms with Gasteiger partial charge < -0.3 is 10.5 Å². The summed E-state index contributed by atoms with van der Waals surface area (Å²) in [5.41, 5.74) is 2.96. The lowest BCUT2D eigenvalue weighted by Gasteiger charge is -2.02. The normalized spacial score (nSPS) is 9.50. The van der Waals surface area contributed by atoms with E-state index in [2.05, 4.69) is 10.4 Å². The molecule has 1 rings (SSSR count). The second kappa shape index (κ2) is 3.19. The van der Waals surface area contributed by atoms with Crippen molar-refractivity contribution in [3.63, 3.8) is 0 Å². The molecule has 0 atom stereocenters. The molecular formula is C7H9N3O2. The van der Waals surface area contributed by atoms with E-state index in [0.717, 1.165) is 0 Å². The van der Waals surface area contributed by atoms with Gasteiger partial charge in [-0.05, 0) is 19.1 Å². The lowest BCUT2D eigenvalue weighted by atomic mass is 10.2. The molecule has 0 fully saturated rings. The fraction of sp³-hybridized carbons (Fsp3) is 0.143. The third-order valence-electron chi connectivity index (χ3n) is 1.46. The van der Waals surface area contributed by atoms with Crippen molar-refractivity contribution in [3.8, 4) is 0 Å². The third-order valence-corrected chi connectivity index (χ3v) is 1.46. The average molecular weight is 167 g/mol. The van der Waals surface area contributed by atoms with Gasteiger partial charge in [-0.2, -0.15) is 0 Å². The van der Waals surface area contributed by atoms with Crippen LogP contribution in [0, 0.1) is 6.92 Å². The molecule has 64 valence electrons. The zero-order valence-electron chi connectivity index (χ0n) is 6.53. The topological polar surface area (TPSA) is 88.2 Å². The summed E-state index contributed by atoms with van der Waals surface area (Å²) in [6.45, 7) is 1.62. The van der Waals surface area contributed by atoms with Gasteiger partial charge in [0.25, 0.3) is 0 Å². The number of aromatic carboxylic acids is 1. The van der Waals surface area contributed by atoms with Crippen LogP contribution in [-0.2, 0) is 0 Å². The van der Waals surface area contributed by atoms with Crippen LogP contribution >= 0.6 is 0 Å². The van der Waals surface area contributed by atoms with Crippen LogP contribution in [0.3, 0.4) is 0 Å². The first kappa shape index (κ1) is 8.48. The van der Waals surface area contributed by atoms with E-state index in [9.17, 15) is 4.79 Å². The lowest BCUT2D eigenvalue weighted by Crippen LogP contribution is -2.10. The van der Waals surface area contributed by atoms with E-state index in [1.54, 1.807) is 6.92 Å². The minimum atomic E-state index is -0.983. The zero-order chi connectivity index (χ0) is 9.14. The van der Waals surface area contributed by atoms with E-state index in [1.807, 2.05) is 0 Å². The van der Waals surface area contributed by atoms with Gasteiger partial charge in [0.1, 0.15) is 5.82 Å². The van der Waals surface area contributed by atoms with Gasteiger partial charge in [0.05, 0.1) is 11.3 Å². The van der Waals surface area contributed by atoms with Gasteiger partial charge in [-0.25, -0.2) is 15.6 Å². The van der Waals surface area contributed by atoms with Gasteiger partial charge in [0.15, 0.2) is 0 Å². The summed E-state index contributed by atoms with van der Waals surface area (Å²) >= 11 is 0. The first-order valence-electron chi connectivity index (χ1n) is 3.32. The zero-order valence-corrected chi connectivity index (χ0v) is 6.53. The highest BCUT2D eigenvalue weighted by Gasteiger charge is 2.07. The van der Waals surface area contributed by atoms with Crippen molar-refractivity contribution in [1.82, 2.24) is 4.98 Å². The molecule has 0 aliphatic rings. The number of rotatable bonds is 2. The Hall–Kier alpha value is -1.62. The number of anilines is 1. The summed E-state index contributed by atoms with van der Waals surface area (Å²) in [4.78, 5) is 14.4. The van der Waals surface area contributed by atoms with Crippen LogP contribution in [0.5, 0.6) is 0 Å². The van der Waals surface area contributed by atoms with E-state index >= 15 is 0 Å². The van der Waals surface area contributed by atoms with Gasteiger partial charge in [-0.1, -0.05) is 0 Å². The standard InChI is InChI=1S/C7H9N3O2/c1-4-5(7(11)12)2-3-6(9-4)10-8/h2-3H,8H2,1H3,(H,9,10)(H,11,12). The molecule has 5 nitrogen and oxygen atoms in total. The number of nitrogens with two attached hydrogens (primary N) is 1. The number of nitrogens with zero attached hydrogens (tertiary/aromatic N) is 1. The number of carboxylic acid groups (broad SMARTS) is 1. The number of hydrazine groups is 1. The molecule has 0 saturated carbocycles. The quantitative estimate of drug-likeness (QED) is 0.437. The van der Waals surface area contributed by atoms with Crippen molar-refractivity contribution in [2.75, 3.05) is 5.43 Å². The van der Waals surface area contributed by atoms with Crippen LogP contribution in [-0.4, -0.2) is 16.1 Å². The number of hydrogen-bond acceptors (Lipinski definition) is 4. The van der Waals surface area contributed by atoms with E-state index in [0.29, 0.717) is 11.5 Å². The highest BCUT2D eigenvalue weighted by molar-refractivity contribution is 5.88. The molecule has 12 heavy (non-hydrogen) atoms. The maximum Gasteiger partial charge on any atom is 0.337 e. The molecule has 1 heterocycles. The number of aryl methyl sites for hydroxylation is 1. The Morgan fingerprint density at radius 3 is 2.75 bits per heavy atom. The van der Waals surface area contributed by atoms with Crippen LogP contribution in [0.1, 0.15) is 16.1 Å². The molecule has 1 aromatic heterocycles. The van der Waals surface area contributed by atoms with Crippen molar-refractivity contribution < 1.29 is 9.90 Å². The van der Waals surface area contributed by atoms with Crippen LogP contribution in [0.25, 0.3) is 0 Å². The second-order valence-electron chi connectivity index (χ2n) is 2.28. The third kappa shape index (κ3) is 1.51. The molecule has 0 aliphatic carbocycles. The van der Waals surface area contributed by atoms with Gasteiger partial charge >= 0.3 is 5.97 Å². The Morgan fingerprint density at radius 1 is 1.67 bits per heavy atom. The predicted octanol–water partition coefficient (Wildman–Crippen LogP) is 0.374. The molecular weight excluding hydrogens is 158 g/mol. The molecule has 0 aromatic carbocycles. The molecule has 0 aliphatic heterocycles. The van der Waals surface area contributed by atoms with Crippen LogP contribution in [0.2, 0.25) is 0 Å². The van der Waals surface area contributed by atoms with Crippen LogP contribution in [0.15, 0.2) is 12.1 Å². The van der Waals surface area contributed by atoms with Gasteiger partial charge in [-0.15, -0.1) is 0 Å². The van der Waals surface area contributed by atoms with Gasteiger partial charge in [-0.3, -0.25) is 0 Å². The van der Waals surface area contributed by atoms with E-state index < -0.39 is 5.97 Å². The number of hydrogen-bond donors (Lipinski definition) is 3. The maximum atomic E-state index is 10.5. The molecule has 1 aromatic rings. The summed E-state index contributed by atoms with van der Waals surface area (Å²) in [6, 6.07) is 2.97. The molecule has 0 unspecified atom stereocenters. The Kier molecular flexibility index (Phi) is 2.25. The monoisotopic (exact) mass is 167 g/mol. The summed E-state index contributed by atoms with van der Waals surface area (Å²) in [5.74, 6) is 4.56. The minimum Gasteiger partial charge on any atom is -0.478 e. The Balaban J connectivity index is 3.12. The fourth-order valence-electron chi connectivity index (χ4n) is 0.867. The number of aromatic nitrogens is 1. The summed E-state index contributed by atoms with van der Waals surface area (Å²) in [5, 5.41) is 8.64. The smallest absolute Gasteiger partial charge is 0.337 e. The van der Waals surface area contributed by atoms with Gasteiger partial charge in [0.2, 0.25) is 0 Å². The summed E-state index contributed by atoms with van der Waals surface area (Å²) in [7, 11) is 0.